The van der Waals surface area contributed by atoms with Gasteiger partial charge in [-0.3, -0.25) is 9.59 Å². The van der Waals surface area contributed by atoms with Crippen molar-refractivity contribution < 1.29 is 18.5 Å². The molecule has 2 amide bonds. The Bertz CT molecular complexity index is 834. The first kappa shape index (κ1) is 15.9. The second-order valence-corrected chi connectivity index (χ2v) is 6.86. The molecule has 0 saturated carbocycles. The van der Waals surface area contributed by atoms with Gasteiger partial charge < -0.3 is 18.7 Å². The third-order valence-electron chi connectivity index (χ3n) is 4.88. The number of amides is 2. The Morgan fingerprint density at radius 2 is 2.00 bits per heavy atom. The minimum absolute atomic E-state index is 0.0434. The molecule has 2 aliphatic heterocycles. The summed E-state index contributed by atoms with van der Waals surface area (Å²) in [6, 6.07) is 1.90. The Morgan fingerprint density at radius 3 is 2.60 bits per heavy atom. The van der Waals surface area contributed by atoms with Gasteiger partial charge in [0.15, 0.2) is 11.6 Å². The second kappa shape index (κ2) is 5.72. The fraction of sp³-hybridized carbons (Fsp3) is 0.529. The normalized spacial score (nSPS) is 21.1. The third kappa shape index (κ3) is 2.71. The molecule has 0 spiro atoms. The Kier molecular flexibility index (Phi) is 3.63. The molecule has 0 N–H and O–H groups in total. The van der Waals surface area contributed by atoms with E-state index in [9.17, 15) is 9.59 Å². The van der Waals surface area contributed by atoms with E-state index in [4.69, 9.17) is 8.94 Å². The molecule has 0 bridgehead atoms. The van der Waals surface area contributed by atoms with Crippen LogP contribution in [0.3, 0.4) is 0 Å². The highest BCUT2D eigenvalue weighted by Crippen LogP contribution is 2.31. The number of hydrogen-bond acceptors (Lipinski definition) is 6. The van der Waals surface area contributed by atoms with E-state index < -0.39 is 0 Å². The minimum atomic E-state index is -0.113. The quantitative estimate of drug-likeness (QED) is 0.836. The maximum absolute atomic E-state index is 12.5. The zero-order valence-corrected chi connectivity index (χ0v) is 14.5. The second-order valence-electron chi connectivity index (χ2n) is 6.86. The van der Waals surface area contributed by atoms with Crippen molar-refractivity contribution >= 4 is 11.8 Å². The van der Waals surface area contributed by atoms with Crippen molar-refractivity contribution in [3.63, 3.8) is 0 Å². The first-order chi connectivity index (χ1) is 11.9. The van der Waals surface area contributed by atoms with Gasteiger partial charge in [0, 0.05) is 31.6 Å². The van der Waals surface area contributed by atoms with Crippen LogP contribution in [-0.4, -0.2) is 57.4 Å². The van der Waals surface area contributed by atoms with Crippen molar-refractivity contribution in [2.24, 2.45) is 0 Å². The van der Waals surface area contributed by atoms with Gasteiger partial charge in [-0.15, -0.1) is 0 Å². The summed E-state index contributed by atoms with van der Waals surface area (Å²) in [7, 11) is 0. The van der Waals surface area contributed by atoms with Crippen LogP contribution < -0.4 is 0 Å². The molecule has 2 aliphatic rings. The Balaban J connectivity index is 1.38. The lowest BCUT2D eigenvalue weighted by Gasteiger charge is -2.43. The van der Waals surface area contributed by atoms with Crippen molar-refractivity contribution in [2.45, 2.75) is 39.2 Å². The molecule has 1 unspecified atom stereocenters. The lowest BCUT2D eigenvalue weighted by atomic mass is 10.1. The Morgan fingerprint density at radius 1 is 1.24 bits per heavy atom. The van der Waals surface area contributed by atoms with Crippen LogP contribution in [0.5, 0.6) is 0 Å². The molecule has 1 atom stereocenters. The molecule has 4 heterocycles. The highest BCUT2D eigenvalue weighted by Gasteiger charge is 2.44. The van der Waals surface area contributed by atoms with Crippen LogP contribution in [0.15, 0.2) is 15.0 Å². The maximum atomic E-state index is 12.5. The molecule has 2 aromatic heterocycles. The number of carbonyl (C=O) groups is 2. The molecule has 25 heavy (non-hydrogen) atoms. The molecule has 2 saturated heterocycles. The van der Waals surface area contributed by atoms with Crippen molar-refractivity contribution in [3.05, 3.63) is 34.9 Å². The maximum Gasteiger partial charge on any atom is 0.289 e. The number of rotatable bonds is 3. The van der Waals surface area contributed by atoms with E-state index in [2.05, 4.69) is 10.1 Å². The molecular formula is C17H20N4O4. The zero-order chi connectivity index (χ0) is 17.7. The first-order valence-corrected chi connectivity index (χ1v) is 8.38. The summed E-state index contributed by atoms with van der Waals surface area (Å²) in [5.41, 5.74) is 0.843. The SMILES string of the molecule is Cc1noc(C2CC(=O)N(C3CN(C(=O)c4oc(C)cc4C)C3)C2)n1. The van der Waals surface area contributed by atoms with Gasteiger partial charge in [0.1, 0.15) is 5.76 Å². The third-order valence-corrected chi connectivity index (χ3v) is 4.88. The fourth-order valence-corrected chi connectivity index (χ4v) is 3.54. The zero-order valence-electron chi connectivity index (χ0n) is 14.5. The molecule has 4 rings (SSSR count). The summed E-state index contributed by atoms with van der Waals surface area (Å²) in [6.45, 7) is 7.06. The summed E-state index contributed by atoms with van der Waals surface area (Å²) < 4.78 is 10.7. The molecule has 2 fully saturated rings. The Hall–Kier alpha value is -2.64. The van der Waals surface area contributed by atoms with Crippen LogP contribution in [0.1, 0.15) is 45.9 Å². The number of likely N-dealkylation sites (tertiary alicyclic amines) is 2. The van der Waals surface area contributed by atoms with Crippen LogP contribution in [0.2, 0.25) is 0 Å². The average Bonchev–Trinajstić information content (AvgIpc) is 3.18. The number of aryl methyl sites for hydroxylation is 3. The van der Waals surface area contributed by atoms with E-state index >= 15 is 0 Å². The molecule has 0 aromatic carbocycles. The van der Waals surface area contributed by atoms with Gasteiger partial charge in [0.2, 0.25) is 11.8 Å². The van der Waals surface area contributed by atoms with Crippen LogP contribution in [0.25, 0.3) is 0 Å². The largest absolute Gasteiger partial charge is 0.456 e. The van der Waals surface area contributed by atoms with Crippen LogP contribution in [0, 0.1) is 20.8 Å². The van der Waals surface area contributed by atoms with Gasteiger partial charge in [-0.05, 0) is 26.8 Å². The number of nitrogens with zero attached hydrogens (tertiary/aromatic N) is 4. The van der Waals surface area contributed by atoms with Crippen molar-refractivity contribution in [1.82, 2.24) is 19.9 Å². The standard InChI is InChI=1S/C17H20N4O4/c1-9-4-10(2)24-15(9)17(23)20-7-13(8-20)21-6-12(5-14(21)22)16-18-11(3)19-25-16/h4,12-13H,5-8H2,1-3H3. The molecule has 8 heteroatoms. The molecule has 0 aliphatic carbocycles. The molecule has 8 nitrogen and oxygen atoms in total. The number of aromatic nitrogens is 2. The summed E-state index contributed by atoms with van der Waals surface area (Å²) in [6.07, 6.45) is 0.378. The minimum Gasteiger partial charge on any atom is -0.456 e. The molecule has 2 aromatic rings. The van der Waals surface area contributed by atoms with E-state index in [-0.39, 0.29) is 23.8 Å². The summed E-state index contributed by atoms with van der Waals surface area (Å²) in [5.74, 6) is 2.11. The molecule has 132 valence electrons. The van der Waals surface area contributed by atoms with Crippen molar-refractivity contribution in [1.29, 1.82) is 0 Å². The summed E-state index contributed by atoms with van der Waals surface area (Å²) in [4.78, 5) is 32.6. The van der Waals surface area contributed by atoms with Gasteiger partial charge in [-0.1, -0.05) is 5.16 Å². The van der Waals surface area contributed by atoms with Crippen LogP contribution >= 0.6 is 0 Å². The van der Waals surface area contributed by atoms with E-state index in [1.54, 1.807) is 11.8 Å². The topological polar surface area (TPSA) is 92.7 Å². The molecule has 0 radical (unpaired) electrons. The molecular weight excluding hydrogens is 324 g/mol. The number of furan rings is 1. The van der Waals surface area contributed by atoms with E-state index in [1.807, 2.05) is 24.8 Å². The van der Waals surface area contributed by atoms with Crippen molar-refractivity contribution in [3.8, 4) is 0 Å². The predicted molar refractivity (Wildman–Crippen MR) is 86.0 cm³/mol. The summed E-state index contributed by atoms with van der Waals surface area (Å²) in [5, 5.41) is 3.79. The highest BCUT2D eigenvalue weighted by molar-refractivity contribution is 5.93. The van der Waals surface area contributed by atoms with Gasteiger partial charge in [0.25, 0.3) is 5.91 Å². The van der Waals surface area contributed by atoms with E-state index in [0.29, 0.717) is 43.5 Å². The predicted octanol–water partition coefficient (Wildman–Crippen LogP) is 1.43. The first-order valence-electron chi connectivity index (χ1n) is 8.38. The van der Waals surface area contributed by atoms with Crippen LogP contribution in [0.4, 0.5) is 0 Å². The van der Waals surface area contributed by atoms with Gasteiger partial charge in [-0.2, -0.15) is 4.98 Å². The highest BCUT2D eigenvalue weighted by atomic mass is 16.5. The summed E-state index contributed by atoms with van der Waals surface area (Å²) >= 11 is 0. The fourth-order valence-electron chi connectivity index (χ4n) is 3.54. The lowest BCUT2D eigenvalue weighted by molar-refractivity contribution is -0.132. The van der Waals surface area contributed by atoms with Gasteiger partial charge in [0.05, 0.1) is 12.0 Å². The van der Waals surface area contributed by atoms with E-state index in [1.165, 1.54) is 0 Å². The van der Waals surface area contributed by atoms with Gasteiger partial charge >= 0.3 is 0 Å². The monoisotopic (exact) mass is 344 g/mol. The van der Waals surface area contributed by atoms with Crippen LogP contribution in [-0.2, 0) is 4.79 Å². The number of hydrogen-bond donors (Lipinski definition) is 0. The Labute approximate surface area is 144 Å². The number of carbonyl (C=O) groups excluding carboxylic acids is 2. The lowest BCUT2D eigenvalue weighted by Crippen LogP contribution is -2.61. The average molecular weight is 344 g/mol. The van der Waals surface area contributed by atoms with Crippen molar-refractivity contribution in [2.75, 3.05) is 19.6 Å². The smallest absolute Gasteiger partial charge is 0.289 e. The van der Waals surface area contributed by atoms with Gasteiger partial charge in [-0.25, -0.2) is 0 Å². The van der Waals surface area contributed by atoms with E-state index in [0.717, 1.165) is 11.3 Å².